The topological polar surface area (TPSA) is 96.8 Å². The van der Waals surface area contributed by atoms with Crippen molar-refractivity contribution in [2.45, 2.75) is 23.8 Å². The zero-order chi connectivity index (χ0) is 17.2. The van der Waals surface area contributed by atoms with Gasteiger partial charge in [-0.2, -0.15) is 10.5 Å². The van der Waals surface area contributed by atoms with Crippen molar-refractivity contribution in [3.05, 3.63) is 34.9 Å². The van der Waals surface area contributed by atoms with Crippen LogP contribution in [0.5, 0.6) is 0 Å². The fourth-order valence-corrected chi connectivity index (χ4v) is 6.65. The summed E-state index contributed by atoms with van der Waals surface area (Å²) in [5, 5.41) is 20.0. The molecule has 1 aromatic carbocycles. The van der Waals surface area contributed by atoms with E-state index in [2.05, 4.69) is 17.1 Å². The van der Waals surface area contributed by atoms with E-state index < -0.39 is 21.3 Å². The summed E-state index contributed by atoms with van der Waals surface area (Å²) >= 11 is 7.72. The van der Waals surface area contributed by atoms with Crippen molar-refractivity contribution in [3.63, 3.8) is 0 Å². The predicted molar refractivity (Wildman–Crippen MR) is 90.8 cm³/mol. The number of benzene rings is 1. The molecule has 2 aliphatic heterocycles. The third-order valence-corrected chi connectivity index (χ3v) is 7.39. The second-order valence-electron chi connectivity index (χ2n) is 6.35. The smallest absolute Gasteiger partial charge is 0.278 e. The molecule has 1 aliphatic carbocycles. The molecule has 0 radical (unpaired) electrons. The van der Waals surface area contributed by atoms with Crippen LogP contribution in [0.15, 0.2) is 24.3 Å². The van der Waals surface area contributed by atoms with E-state index in [1.165, 1.54) is 11.8 Å². The average molecular weight is 360 g/mol. The van der Waals surface area contributed by atoms with Crippen molar-refractivity contribution in [2.24, 2.45) is 16.6 Å². The maximum absolute atomic E-state index is 10.3. The molecule has 4 rings (SSSR count). The van der Waals surface area contributed by atoms with E-state index in [0.717, 1.165) is 11.3 Å². The second kappa shape index (κ2) is 4.67. The molecule has 0 amide bonds. The highest BCUT2D eigenvalue weighted by Crippen LogP contribution is 2.85. The maximum Gasteiger partial charge on any atom is 0.278 e. The molecule has 0 unspecified atom stereocenters. The minimum atomic E-state index is -1.13. The number of rotatable bonds is 2. The van der Waals surface area contributed by atoms with Crippen LogP contribution in [0.25, 0.3) is 0 Å². The molecule has 7 heteroatoms. The molecule has 3 aliphatic rings. The first-order valence-corrected chi connectivity index (χ1v) is 9.16. The second-order valence-corrected chi connectivity index (χ2v) is 8.05. The Morgan fingerprint density at radius 2 is 2.21 bits per heavy atom. The van der Waals surface area contributed by atoms with E-state index in [0.29, 0.717) is 23.9 Å². The summed E-state index contributed by atoms with van der Waals surface area (Å²) in [7, 11) is 0. The van der Waals surface area contributed by atoms with Crippen molar-refractivity contribution in [2.75, 3.05) is 12.4 Å². The maximum atomic E-state index is 10.3. The number of thioether (sulfide) groups is 1. The summed E-state index contributed by atoms with van der Waals surface area (Å²) < 4.78 is 6.00. The molecule has 5 nitrogen and oxygen atoms in total. The van der Waals surface area contributed by atoms with E-state index in [-0.39, 0.29) is 0 Å². The third-order valence-electron chi connectivity index (χ3n) is 5.85. The molecule has 1 spiro atoms. The molecule has 1 aromatic rings. The molecule has 24 heavy (non-hydrogen) atoms. The largest absolute Gasteiger partial charge is 0.327 e. The number of ether oxygens (including phenoxy) is 1. The van der Waals surface area contributed by atoms with E-state index in [1.54, 1.807) is 6.07 Å². The van der Waals surface area contributed by atoms with Crippen molar-refractivity contribution < 1.29 is 9.73 Å². The van der Waals surface area contributed by atoms with Gasteiger partial charge in [0, 0.05) is 10.8 Å². The van der Waals surface area contributed by atoms with Gasteiger partial charge in [-0.25, -0.2) is 4.99 Å². The van der Waals surface area contributed by atoms with Crippen LogP contribution in [0.4, 0.5) is 0 Å². The van der Waals surface area contributed by atoms with E-state index in [1.807, 2.05) is 25.1 Å². The summed E-state index contributed by atoms with van der Waals surface area (Å²) in [6, 6.07) is 12.2. The first kappa shape index (κ1) is 15.8. The van der Waals surface area contributed by atoms with Gasteiger partial charge in [-0.3, -0.25) is 5.73 Å². The van der Waals surface area contributed by atoms with Crippen LogP contribution in [0.2, 0.25) is 5.02 Å². The van der Waals surface area contributed by atoms with E-state index in [9.17, 15) is 10.5 Å². The lowest BCUT2D eigenvalue weighted by molar-refractivity contribution is -0.584. The van der Waals surface area contributed by atoms with Crippen LogP contribution in [-0.2, 0) is 10.2 Å². The Bertz CT molecular complexity index is 853. The Morgan fingerprint density at radius 1 is 1.42 bits per heavy atom. The SMILES string of the molecule is CC[C@@]1(c2cccc(Cl)c2)[C@]2(C#N)C(N)=[NH+][C@@]3(OCCS3)[C@@]21C#N. The van der Waals surface area contributed by atoms with Gasteiger partial charge in [0.15, 0.2) is 10.8 Å². The number of hydrogen-bond donors (Lipinski definition) is 2. The van der Waals surface area contributed by atoms with Crippen LogP contribution in [-0.4, -0.2) is 23.3 Å². The molecule has 0 aromatic heterocycles. The normalized spacial score (nSPS) is 42.2. The number of fused-ring (bicyclic) bond motifs is 2. The standard InChI is InChI=1S/C17H15ClN4OS/c1-2-14(11-4-3-5-12(18)8-11)15(9-19)13(21)22-17(16(14,15)10-20)23-6-7-24-17/h3-5,8H,2,6-7H2,1H3,(H2,21,22)/p+1/t14-,15+,16-,17-/m1/s1. The van der Waals surface area contributed by atoms with Crippen molar-refractivity contribution >= 4 is 29.2 Å². The van der Waals surface area contributed by atoms with Crippen LogP contribution < -0.4 is 10.7 Å². The number of nitriles is 2. The summed E-state index contributed by atoms with van der Waals surface area (Å²) in [6.07, 6.45) is 0.586. The van der Waals surface area contributed by atoms with Gasteiger partial charge in [-0.15, -0.1) is 0 Å². The monoisotopic (exact) mass is 359 g/mol. The fourth-order valence-electron chi connectivity index (χ4n) is 5.07. The van der Waals surface area contributed by atoms with E-state index in [4.69, 9.17) is 22.1 Å². The Morgan fingerprint density at radius 3 is 2.75 bits per heavy atom. The molecule has 1 saturated heterocycles. The third kappa shape index (κ3) is 1.26. The highest BCUT2D eigenvalue weighted by molar-refractivity contribution is 8.00. The number of nitrogens with one attached hydrogen (secondary N) is 1. The fraction of sp³-hybridized carbons (Fsp3) is 0.471. The molecule has 1 saturated carbocycles. The summed E-state index contributed by atoms with van der Waals surface area (Å²) in [6.45, 7) is 2.50. The minimum Gasteiger partial charge on any atom is -0.327 e. The molecule has 2 fully saturated rings. The van der Waals surface area contributed by atoms with E-state index >= 15 is 0 Å². The summed E-state index contributed by atoms with van der Waals surface area (Å²) in [4.78, 5) is 3.14. The van der Waals surface area contributed by atoms with Gasteiger partial charge in [-0.05, 0) is 24.1 Å². The number of hydrogen-bond acceptors (Lipinski definition) is 5. The van der Waals surface area contributed by atoms with Crippen molar-refractivity contribution in [1.82, 2.24) is 0 Å². The molecular weight excluding hydrogens is 344 g/mol. The average Bonchev–Trinajstić information content (AvgIpc) is 2.79. The molecule has 0 bridgehead atoms. The van der Waals surface area contributed by atoms with Gasteiger partial charge in [-0.1, -0.05) is 42.4 Å². The zero-order valence-electron chi connectivity index (χ0n) is 13.1. The van der Waals surface area contributed by atoms with Gasteiger partial charge < -0.3 is 4.74 Å². The van der Waals surface area contributed by atoms with Gasteiger partial charge >= 0.3 is 0 Å². The number of amidine groups is 1. The molecular formula is C17H16ClN4OS+. The lowest BCUT2D eigenvalue weighted by Crippen LogP contribution is -2.88. The highest BCUT2D eigenvalue weighted by atomic mass is 35.5. The zero-order valence-corrected chi connectivity index (χ0v) is 14.7. The first-order valence-electron chi connectivity index (χ1n) is 7.79. The first-order chi connectivity index (χ1) is 11.5. The summed E-state index contributed by atoms with van der Waals surface area (Å²) in [5.74, 6) is 1.07. The van der Waals surface area contributed by atoms with Crippen LogP contribution >= 0.6 is 23.4 Å². The Hall–Kier alpha value is -1.73. The molecule has 3 N–H and O–H groups in total. The Balaban J connectivity index is 2.05. The van der Waals surface area contributed by atoms with Gasteiger partial charge in [0.2, 0.25) is 0 Å². The summed E-state index contributed by atoms with van der Waals surface area (Å²) in [5.41, 5.74) is 4.20. The highest BCUT2D eigenvalue weighted by Gasteiger charge is 3.03. The Kier molecular flexibility index (Phi) is 3.07. The lowest BCUT2D eigenvalue weighted by atomic mass is 9.81. The molecule has 4 atom stereocenters. The Labute approximate surface area is 149 Å². The number of nitrogens with zero attached hydrogens (tertiary/aromatic N) is 2. The van der Waals surface area contributed by atoms with Crippen LogP contribution in [0.3, 0.4) is 0 Å². The van der Waals surface area contributed by atoms with Gasteiger partial charge in [0.25, 0.3) is 10.9 Å². The van der Waals surface area contributed by atoms with Gasteiger partial charge in [0.05, 0.1) is 24.2 Å². The molecule has 122 valence electrons. The van der Waals surface area contributed by atoms with Gasteiger partial charge in [0.1, 0.15) is 0 Å². The minimum absolute atomic E-state index is 0.322. The van der Waals surface area contributed by atoms with Crippen molar-refractivity contribution in [3.8, 4) is 12.1 Å². The quantitative estimate of drug-likeness (QED) is 0.817. The predicted octanol–water partition coefficient (Wildman–Crippen LogP) is 0.890. The number of nitrogens with two attached hydrogens (primary N) is 1. The molecule has 2 heterocycles. The van der Waals surface area contributed by atoms with Crippen molar-refractivity contribution in [1.29, 1.82) is 10.5 Å². The lowest BCUT2D eigenvalue weighted by Gasteiger charge is -2.29. The van der Waals surface area contributed by atoms with Crippen LogP contribution in [0, 0.1) is 33.5 Å². The number of halogens is 1. The van der Waals surface area contributed by atoms with Crippen LogP contribution in [0.1, 0.15) is 18.9 Å².